The second kappa shape index (κ2) is 7.26. The number of ether oxygens (including phenoxy) is 1. The number of rotatable bonds is 3. The van der Waals surface area contributed by atoms with Crippen molar-refractivity contribution in [1.29, 1.82) is 0 Å². The first-order valence-corrected chi connectivity index (χ1v) is 7.56. The van der Waals surface area contributed by atoms with Crippen molar-refractivity contribution in [2.75, 3.05) is 6.54 Å². The molecule has 0 radical (unpaired) electrons. The van der Waals surface area contributed by atoms with Crippen LogP contribution in [0.25, 0.3) is 0 Å². The summed E-state index contributed by atoms with van der Waals surface area (Å²) in [6.45, 7) is -0.146. The van der Waals surface area contributed by atoms with E-state index in [1.54, 1.807) is 0 Å². The summed E-state index contributed by atoms with van der Waals surface area (Å²) in [5.41, 5.74) is -0.744. The number of halogens is 7. The lowest BCUT2D eigenvalue weighted by atomic mass is 10.1. The molecule has 0 bridgehead atoms. The number of alkyl halides is 6. The van der Waals surface area contributed by atoms with Gasteiger partial charge in [-0.2, -0.15) is 30.9 Å². The molecule has 1 aromatic rings. The number of benzene rings is 1. The van der Waals surface area contributed by atoms with Crippen LogP contribution in [0.3, 0.4) is 0 Å². The molecule has 1 heterocycles. The lowest BCUT2D eigenvalue weighted by Crippen LogP contribution is -2.46. The first-order valence-electron chi connectivity index (χ1n) is 7.19. The van der Waals surface area contributed by atoms with Gasteiger partial charge in [-0.3, -0.25) is 0 Å². The Labute approximate surface area is 148 Å². The second-order valence-corrected chi connectivity index (χ2v) is 5.82. The van der Waals surface area contributed by atoms with E-state index in [0.717, 1.165) is 0 Å². The highest BCUT2D eigenvalue weighted by Crippen LogP contribution is 2.30. The highest BCUT2D eigenvalue weighted by molar-refractivity contribution is 6.30. The van der Waals surface area contributed by atoms with Gasteiger partial charge < -0.3 is 4.74 Å². The van der Waals surface area contributed by atoms with Crippen LogP contribution in [0.5, 0.6) is 0 Å². The zero-order chi connectivity index (χ0) is 19.7. The molecule has 11 heteroatoms. The van der Waals surface area contributed by atoms with Crippen LogP contribution in [0.2, 0.25) is 5.02 Å². The molecule has 26 heavy (non-hydrogen) atoms. The minimum atomic E-state index is -5.59. The van der Waals surface area contributed by atoms with Crippen molar-refractivity contribution in [2.24, 2.45) is 0 Å². The molecule has 1 amide bonds. The van der Waals surface area contributed by atoms with Crippen LogP contribution in [0.4, 0.5) is 26.3 Å². The Morgan fingerprint density at radius 3 is 2.15 bits per heavy atom. The molecule has 0 saturated heterocycles. The van der Waals surface area contributed by atoms with Gasteiger partial charge in [0.25, 0.3) is 6.10 Å². The summed E-state index contributed by atoms with van der Waals surface area (Å²) < 4.78 is 80.8. The zero-order valence-corrected chi connectivity index (χ0v) is 13.6. The Kier molecular flexibility index (Phi) is 5.64. The fraction of sp³-hybridized carbons (Fsp3) is 0.400. The third kappa shape index (κ3) is 4.54. The van der Waals surface area contributed by atoms with Crippen molar-refractivity contribution in [2.45, 2.75) is 31.3 Å². The molecule has 0 fully saturated rings. The lowest BCUT2D eigenvalue weighted by molar-refractivity contribution is -0.425. The number of hydrogen-bond donors (Lipinski definition) is 0. The smallest absolute Gasteiger partial charge is 0.435 e. The standard InChI is InChI=1S/C15H11ClF6NO3/c16-9-5-3-8(4-6-9)12(24)23-7-1-2-10(23)11(14(17,18)19)26-13(25)15(20,21)22/h3-6,11H,1-2,7H2/q+1. The molecule has 1 aromatic carbocycles. The predicted molar refractivity (Wildman–Crippen MR) is 77.1 cm³/mol. The van der Waals surface area contributed by atoms with Crippen molar-refractivity contribution < 1.29 is 45.2 Å². The Morgan fingerprint density at radius 2 is 1.65 bits per heavy atom. The molecule has 0 aromatic heterocycles. The largest absolute Gasteiger partial charge is 0.490 e. The Hall–Kier alpha value is -2.10. The van der Waals surface area contributed by atoms with E-state index in [4.69, 9.17) is 11.6 Å². The number of carbonyl (C=O) groups excluding carboxylic acids is 2. The maximum Gasteiger partial charge on any atom is 0.490 e. The van der Waals surface area contributed by atoms with Gasteiger partial charge in [-0.25, -0.2) is 9.59 Å². The lowest BCUT2D eigenvalue weighted by Gasteiger charge is -2.19. The minimum absolute atomic E-state index is 0.00290. The van der Waals surface area contributed by atoms with Crippen LogP contribution < -0.4 is 0 Å². The Morgan fingerprint density at radius 1 is 1.08 bits per heavy atom. The number of esters is 1. The molecule has 1 aliphatic rings. The van der Waals surface area contributed by atoms with Crippen molar-refractivity contribution >= 4 is 29.2 Å². The molecule has 4 nitrogen and oxygen atoms in total. The predicted octanol–water partition coefficient (Wildman–Crippen LogP) is 3.76. The fourth-order valence-electron chi connectivity index (χ4n) is 2.45. The number of hydrogen-bond acceptors (Lipinski definition) is 3. The van der Waals surface area contributed by atoms with Crippen LogP contribution >= 0.6 is 11.6 Å². The molecule has 2 rings (SSSR count). The van der Waals surface area contributed by atoms with Gasteiger partial charge >= 0.3 is 24.2 Å². The van der Waals surface area contributed by atoms with Gasteiger partial charge in [0.15, 0.2) is 6.54 Å². The van der Waals surface area contributed by atoms with E-state index in [1.807, 2.05) is 0 Å². The van der Waals surface area contributed by atoms with Crippen molar-refractivity contribution in [1.82, 2.24) is 0 Å². The second-order valence-electron chi connectivity index (χ2n) is 5.38. The van der Waals surface area contributed by atoms with Gasteiger partial charge in [0.1, 0.15) is 0 Å². The maximum atomic E-state index is 13.2. The van der Waals surface area contributed by atoms with Crippen LogP contribution in [-0.4, -0.2) is 47.2 Å². The first kappa shape index (κ1) is 20.2. The molecule has 1 atom stereocenters. The van der Waals surface area contributed by atoms with Crippen molar-refractivity contribution in [3.63, 3.8) is 0 Å². The van der Waals surface area contributed by atoms with Gasteiger partial charge in [0, 0.05) is 17.9 Å². The minimum Gasteiger partial charge on any atom is -0.435 e. The molecule has 0 N–H and O–H groups in total. The van der Waals surface area contributed by atoms with Gasteiger partial charge in [0.05, 0.1) is 5.56 Å². The number of nitrogens with zero attached hydrogens (tertiary/aromatic N) is 1. The molecule has 0 spiro atoms. The van der Waals surface area contributed by atoms with Gasteiger partial charge in [-0.15, -0.1) is 0 Å². The summed E-state index contributed by atoms with van der Waals surface area (Å²) in [7, 11) is 0. The normalized spacial score (nSPS) is 16.6. The monoisotopic (exact) mass is 402 g/mol. The van der Waals surface area contributed by atoms with E-state index in [9.17, 15) is 35.9 Å². The van der Waals surface area contributed by atoms with E-state index < -0.39 is 36.0 Å². The first-order chi connectivity index (χ1) is 11.9. The molecule has 1 aliphatic heterocycles. The Bertz CT molecular complexity index is 739. The van der Waals surface area contributed by atoms with E-state index in [0.29, 0.717) is 9.60 Å². The quantitative estimate of drug-likeness (QED) is 0.439. The van der Waals surface area contributed by atoms with Crippen LogP contribution in [0.15, 0.2) is 24.3 Å². The summed E-state index contributed by atoms with van der Waals surface area (Å²) in [6, 6.07) is 5.22. The van der Waals surface area contributed by atoms with E-state index >= 15 is 0 Å². The van der Waals surface area contributed by atoms with Crippen LogP contribution in [0, 0.1) is 0 Å². The van der Waals surface area contributed by atoms with Crippen LogP contribution in [0.1, 0.15) is 23.2 Å². The van der Waals surface area contributed by atoms with Crippen LogP contribution in [-0.2, 0) is 9.53 Å². The van der Waals surface area contributed by atoms with Gasteiger partial charge in [0.2, 0.25) is 5.71 Å². The highest BCUT2D eigenvalue weighted by Gasteiger charge is 2.55. The average Bonchev–Trinajstić information content (AvgIpc) is 2.99. The molecular formula is C15H11ClF6NO3+. The SMILES string of the molecule is O=C(c1ccc(Cl)cc1)[N+]1=C(C(OC(=O)C(F)(F)F)C(F)(F)F)CCC1. The third-order valence-electron chi connectivity index (χ3n) is 3.55. The summed E-state index contributed by atoms with van der Waals surface area (Å²) in [4.78, 5) is 23.3. The molecular weight excluding hydrogens is 392 g/mol. The van der Waals surface area contributed by atoms with Gasteiger partial charge in [-0.05, 0) is 24.3 Å². The fourth-order valence-corrected chi connectivity index (χ4v) is 2.57. The summed E-state index contributed by atoms with van der Waals surface area (Å²) >= 11 is 5.67. The molecule has 142 valence electrons. The molecule has 0 saturated carbocycles. The van der Waals surface area contributed by atoms with E-state index in [1.165, 1.54) is 24.3 Å². The Balaban J connectivity index is 2.41. The van der Waals surface area contributed by atoms with Gasteiger partial charge in [-0.1, -0.05) is 11.6 Å². The van der Waals surface area contributed by atoms with Crippen molar-refractivity contribution in [3.05, 3.63) is 34.9 Å². The summed E-state index contributed by atoms with van der Waals surface area (Å²) in [6.07, 6.45) is -14.3. The maximum absolute atomic E-state index is 13.2. The third-order valence-corrected chi connectivity index (χ3v) is 3.81. The zero-order valence-electron chi connectivity index (χ0n) is 12.8. The number of carbonyl (C=O) groups is 2. The molecule has 0 aliphatic carbocycles. The van der Waals surface area contributed by atoms with Crippen molar-refractivity contribution in [3.8, 4) is 0 Å². The summed E-state index contributed by atoms with van der Waals surface area (Å²) in [5.74, 6) is -3.83. The van der Waals surface area contributed by atoms with E-state index in [-0.39, 0.29) is 24.9 Å². The average molecular weight is 403 g/mol. The van der Waals surface area contributed by atoms with E-state index in [2.05, 4.69) is 4.74 Å². The summed E-state index contributed by atoms with van der Waals surface area (Å²) in [5, 5.41) is 0.291. The highest BCUT2D eigenvalue weighted by atomic mass is 35.5. The number of amides is 1. The topological polar surface area (TPSA) is 46.4 Å². The molecule has 1 unspecified atom stereocenters.